The molecule has 0 bridgehead atoms. The van der Waals surface area contributed by atoms with Gasteiger partial charge in [-0.1, -0.05) is 13.8 Å². The predicted molar refractivity (Wildman–Crippen MR) is 91.0 cm³/mol. The molecule has 0 fully saturated rings. The number of aromatic nitrogens is 1. The predicted octanol–water partition coefficient (Wildman–Crippen LogP) is 3.57. The lowest BCUT2D eigenvalue weighted by molar-refractivity contribution is -0.154. The lowest BCUT2D eigenvalue weighted by atomic mass is 9.81. The molecule has 0 saturated carbocycles. The molecule has 140 valence electrons. The first-order chi connectivity index (χ1) is 10.3. The van der Waals surface area contributed by atoms with Crippen molar-refractivity contribution in [2.75, 3.05) is 18.5 Å². The first-order valence-corrected chi connectivity index (χ1v) is 6.93. The molecule has 1 amide bonds. The average molecular weight is 392 g/mol. The smallest absolute Gasteiger partial charge is 0.422 e. The summed E-state index contributed by atoms with van der Waals surface area (Å²) in [6, 6.07) is 2.70. The van der Waals surface area contributed by atoms with Crippen molar-refractivity contribution < 1.29 is 22.7 Å². The van der Waals surface area contributed by atoms with Crippen molar-refractivity contribution in [3.8, 4) is 5.88 Å². The maximum atomic E-state index is 12.3. The number of pyridine rings is 1. The van der Waals surface area contributed by atoms with Crippen molar-refractivity contribution in [3.63, 3.8) is 0 Å². The summed E-state index contributed by atoms with van der Waals surface area (Å²) in [6.45, 7) is 2.56. The number of nitrogens with two attached hydrogens (primary N) is 1. The maximum absolute atomic E-state index is 12.3. The Labute approximate surface area is 151 Å². The number of hydrogen-bond donors (Lipinski definition) is 2. The van der Waals surface area contributed by atoms with E-state index in [0.717, 1.165) is 0 Å². The molecule has 0 aliphatic heterocycles. The van der Waals surface area contributed by atoms with E-state index in [1.54, 1.807) is 0 Å². The summed E-state index contributed by atoms with van der Waals surface area (Å²) >= 11 is 0. The normalized spacial score (nSPS) is 11.1. The van der Waals surface area contributed by atoms with Gasteiger partial charge < -0.3 is 15.8 Å². The molecule has 0 aliphatic rings. The van der Waals surface area contributed by atoms with Gasteiger partial charge in [0, 0.05) is 12.6 Å². The highest BCUT2D eigenvalue weighted by atomic mass is 35.5. The van der Waals surface area contributed by atoms with Gasteiger partial charge in [0.05, 0.1) is 17.3 Å². The first kappa shape index (κ1) is 25.0. The van der Waals surface area contributed by atoms with Crippen molar-refractivity contribution in [2.24, 2.45) is 11.1 Å². The lowest BCUT2D eigenvalue weighted by Gasteiger charge is -2.28. The number of nitrogens with one attached hydrogen (secondary N) is 1. The fourth-order valence-corrected chi connectivity index (χ4v) is 1.91. The van der Waals surface area contributed by atoms with Crippen LogP contribution in [0, 0.1) is 5.41 Å². The van der Waals surface area contributed by atoms with Gasteiger partial charge in [0.2, 0.25) is 11.8 Å². The summed E-state index contributed by atoms with van der Waals surface area (Å²) in [6.07, 6.45) is -1.99. The molecule has 0 radical (unpaired) electrons. The molecule has 0 aliphatic carbocycles. The van der Waals surface area contributed by atoms with Crippen molar-refractivity contribution in [1.29, 1.82) is 0 Å². The van der Waals surface area contributed by atoms with E-state index in [-0.39, 0.29) is 43.1 Å². The van der Waals surface area contributed by atoms with Crippen molar-refractivity contribution in [3.05, 3.63) is 18.3 Å². The molecular formula is C14H22Cl2F3N3O2. The third-order valence-corrected chi connectivity index (χ3v) is 3.60. The number of amides is 1. The van der Waals surface area contributed by atoms with Crippen molar-refractivity contribution in [1.82, 2.24) is 4.98 Å². The van der Waals surface area contributed by atoms with Crippen LogP contribution in [-0.2, 0) is 4.79 Å². The summed E-state index contributed by atoms with van der Waals surface area (Å²) in [4.78, 5) is 16.0. The molecule has 0 spiro atoms. The van der Waals surface area contributed by atoms with Crippen LogP contribution < -0.4 is 15.8 Å². The van der Waals surface area contributed by atoms with Gasteiger partial charge >= 0.3 is 6.18 Å². The van der Waals surface area contributed by atoms with Crippen molar-refractivity contribution >= 4 is 36.4 Å². The van der Waals surface area contributed by atoms with Gasteiger partial charge in [0.15, 0.2) is 6.61 Å². The number of anilines is 1. The van der Waals surface area contributed by atoms with Crippen LogP contribution in [0.25, 0.3) is 0 Å². The minimum atomic E-state index is -4.42. The number of carbonyl (C=O) groups excluding carboxylic acids is 1. The van der Waals surface area contributed by atoms with Gasteiger partial charge in [-0.25, -0.2) is 4.98 Å². The molecule has 5 nitrogen and oxygen atoms in total. The van der Waals surface area contributed by atoms with Gasteiger partial charge in [0.1, 0.15) is 0 Å². The second kappa shape index (κ2) is 10.6. The Morgan fingerprint density at radius 1 is 1.25 bits per heavy atom. The van der Waals surface area contributed by atoms with Gasteiger partial charge in [-0.2, -0.15) is 13.2 Å². The average Bonchev–Trinajstić information content (AvgIpc) is 2.48. The molecule has 1 heterocycles. The number of hydrogen-bond acceptors (Lipinski definition) is 4. The second-order valence-corrected chi connectivity index (χ2v) is 4.93. The molecule has 0 atom stereocenters. The van der Waals surface area contributed by atoms with Crippen LogP contribution in [0.5, 0.6) is 5.88 Å². The maximum Gasteiger partial charge on any atom is 0.422 e. The van der Waals surface area contributed by atoms with Crippen LogP contribution in [0.2, 0.25) is 0 Å². The highest BCUT2D eigenvalue weighted by Gasteiger charge is 2.33. The fraction of sp³-hybridized carbons (Fsp3) is 0.571. The number of halogens is 5. The molecule has 1 rings (SSSR count). The largest absolute Gasteiger partial charge is 0.468 e. The molecular weight excluding hydrogens is 370 g/mol. The van der Waals surface area contributed by atoms with E-state index in [1.807, 2.05) is 13.8 Å². The van der Waals surface area contributed by atoms with Gasteiger partial charge in [-0.05, 0) is 18.9 Å². The number of alkyl halides is 3. The zero-order valence-corrected chi connectivity index (χ0v) is 15.0. The Bertz CT molecular complexity index is 487. The quantitative estimate of drug-likeness (QED) is 0.744. The van der Waals surface area contributed by atoms with E-state index in [4.69, 9.17) is 5.73 Å². The number of ether oxygens (including phenoxy) is 1. The first-order valence-electron chi connectivity index (χ1n) is 6.93. The van der Waals surface area contributed by atoms with Crippen LogP contribution in [0.3, 0.4) is 0 Å². The van der Waals surface area contributed by atoms with Crippen LogP contribution in [-0.4, -0.2) is 30.2 Å². The molecule has 1 aromatic rings. The third kappa shape index (κ3) is 7.11. The van der Waals surface area contributed by atoms with E-state index in [1.165, 1.54) is 18.3 Å². The number of nitrogens with zero attached hydrogens (tertiary/aromatic N) is 1. The topological polar surface area (TPSA) is 77.2 Å². The second-order valence-electron chi connectivity index (χ2n) is 4.93. The van der Waals surface area contributed by atoms with E-state index in [2.05, 4.69) is 15.0 Å². The summed E-state index contributed by atoms with van der Waals surface area (Å²) in [7, 11) is 0. The molecule has 3 N–H and O–H groups in total. The van der Waals surface area contributed by atoms with E-state index in [9.17, 15) is 18.0 Å². The fourth-order valence-electron chi connectivity index (χ4n) is 1.91. The zero-order valence-electron chi connectivity index (χ0n) is 13.4. The van der Waals surface area contributed by atoms with Gasteiger partial charge in [-0.15, -0.1) is 24.8 Å². The summed E-state index contributed by atoms with van der Waals surface area (Å²) < 4.78 is 40.5. The third-order valence-electron chi connectivity index (χ3n) is 3.60. The van der Waals surface area contributed by atoms with Crippen molar-refractivity contribution in [2.45, 2.75) is 32.9 Å². The molecule has 24 heavy (non-hydrogen) atoms. The summed E-state index contributed by atoms with van der Waals surface area (Å²) in [5.41, 5.74) is 5.40. The Hall–Kier alpha value is -1.25. The van der Waals surface area contributed by atoms with E-state index < -0.39 is 18.2 Å². The molecule has 0 aromatic carbocycles. The Morgan fingerprint density at radius 2 is 1.83 bits per heavy atom. The number of rotatable bonds is 7. The lowest BCUT2D eigenvalue weighted by Crippen LogP contribution is -2.41. The van der Waals surface area contributed by atoms with Crippen LogP contribution in [0.4, 0.5) is 18.9 Å². The Morgan fingerprint density at radius 3 is 2.21 bits per heavy atom. The summed E-state index contributed by atoms with van der Waals surface area (Å²) in [5, 5.41) is 2.68. The Kier molecular flexibility index (Phi) is 11.0. The molecule has 1 aromatic heterocycles. The summed E-state index contributed by atoms with van der Waals surface area (Å²) in [5.74, 6) is -0.392. The highest BCUT2D eigenvalue weighted by molar-refractivity contribution is 5.95. The van der Waals surface area contributed by atoms with Crippen LogP contribution in [0.1, 0.15) is 26.7 Å². The number of carbonyl (C=O) groups is 1. The molecule has 0 unspecified atom stereocenters. The molecule has 0 saturated heterocycles. The highest BCUT2D eigenvalue weighted by Crippen LogP contribution is 2.27. The monoisotopic (exact) mass is 391 g/mol. The van der Waals surface area contributed by atoms with Gasteiger partial charge in [-0.3, -0.25) is 4.79 Å². The molecule has 10 heteroatoms. The Balaban J connectivity index is 0. The van der Waals surface area contributed by atoms with E-state index in [0.29, 0.717) is 18.5 Å². The minimum Gasteiger partial charge on any atom is -0.468 e. The van der Waals surface area contributed by atoms with Crippen LogP contribution >= 0.6 is 24.8 Å². The van der Waals surface area contributed by atoms with Gasteiger partial charge in [0.25, 0.3) is 0 Å². The van der Waals surface area contributed by atoms with E-state index >= 15 is 0 Å². The standard InChI is InChI=1S/C14H20F3N3O2.2ClH/c1-3-13(4-2,8-18)12(21)20-10-5-6-11(19-7-10)22-9-14(15,16)17;;/h5-7H,3-4,8-9,18H2,1-2H3,(H,20,21);2*1H. The minimum absolute atomic E-state index is 0. The van der Waals surface area contributed by atoms with Crippen LogP contribution in [0.15, 0.2) is 18.3 Å². The SMILES string of the molecule is CCC(CC)(CN)C(=O)Nc1ccc(OCC(F)(F)F)nc1.Cl.Cl. The zero-order chi connectivity index (χ0) is 16.8.